The Morgan fingerprint density at radius 2 is 1.71 bits per heavy atom. The zero-order valence-corrected chi connectivity index (χ0v) is 15.1. The largest absolute Gasteiger partial charge is 0.308 e. The highest BCUT2D eigenvalue weighted by atomic mass is 32.2. The van der Waals surface area contributed by atoms with Crippen LogP contribution in [0.25, 0.3) is 0 Å². The molecule has 0 N–H and O–H groups in total. The molecule has 130 valence electrons. The number of hydrogen-bond acceptors (Lipinski definition) is 5. The van der Waals surface area contributed by atoms with Gasteiger partial charge < -0.3 is 4.90 Å². The summed E-state index contributed by atoms with van der Waals surface area (Å²) >= 11 is 0. The average Bonchev–Trinajstić information content (AvgIpc) is 2.59. The van der Waals surface area contributed by atoms with Crippen molar-refractivity contribution in [3.8, 4) is 0 Å². The minimum Gasteiger partial charge on any atom is -0.308 e. The van der Waals surface area contributed by atoms with Gasteiger partial charge in [-0.05, 0) is 37.9 Å². The van der Waals surface area contributed by atoms with Crippen molar-refractivity contribution in [2.75, 3.05) is 39.5 Å². The van der Waals surface area contributed by atoms with Gasteiger partial charge in [0.05, 0.1) is 10.6 Å². The Bertz CT molecular complexity index is 704. The van der Waals surface area contributed by atoms with Crippen LogP contribution in [-0.4, -0.2) is 62.7 Å². The first-order chi connectivity index (χ1) is 11.5. The molecule has 1 aromatic heterocycles. The molecule has 5 nitrogen and oxygen atoms in total. The van der Waals surface area contributed by atoms with Crippen LogP contribution in [0.3, 0.4) is 0 Å². The van der Waals surface area contributed by atoms with Crippen LogP contribution in [0.4, 0.5) is 0 Å². The predicted molar refractivity (Wildman–Crippen MR) is 96.6 cm³/mol. The summed E-state index contributed by atoms with van der Waals surface area (Å²) in [5, 5.41) is 0. The van der Waals surface area contributed by atoms with Crippen molar-refractivity contribution in [1.29, 1.82) is 0 Å². The summed E-state index contributed by atoms with van der Waals surface area (Å²) in [6.45, 7) is 2.89. The van der Waals surface area contributed by atoms with Gasteiger partial charge in [0.2, 0.25) is 0 Å². The molecule has 2 aromatic rings. The molecule has 1 aromatic carbocycles. The van der Waals surface area contributed by atoms with E-state index in [0.717, 1.165) is 18.7 Å². The molecule has 6 heteroatoms. The fourth-order valence-corrected chi connectivity index (χ4v) is 3.66. The zero-order chi connectivity index (χ0) is 17.4. The minimum absolute atomic E-state index is 0.116. The molecular weight excluding hydrogens is 322 g/mol. The molecule has 24 heavy (non-hydrogen) atoms. The van der Waals surface area contributed by atoms with Crippen molar-refractivity contribution >= 4 is 9.84 Å². The molecule has 0 aliphatic rings. The number of aromatic nitrogens is 1. The third kappa shape index (κ3) is 6.03. The molecule has 0 saturated heterocycles. The lowest BCUT2D eigenvalue weighted by Crippen LogP contribution is -2.34. The molecule has 0 spiro atoms. The van der Waals surface area contributed by atoms with E-state index in [1.165, 1.54) is 0 Å². The second-order valence-electron chi connectivity index (χ2n) is 6.07. The third-order valence-corrected chi connectivity index (χ3v) is 5.48. The summed E-state index contributed by atoms with van der Waals surface area (Å²) in [5.74, 6) is 0.116. The van der Waals surface area contributed by atoms with Gasteiger partial charge in [-0.2, -0.15) is 0 Å². The summed E-state index contributed by atoms with van der Waals surface area (Å²) in [6.07, 6.45) is 3.57. The smallest absolute Gasteiger partial charge is 0.179 e. The molecule has 0 bridgehead atoms. The molecule has 0 aliphatic carbocycles. The molecular formula is C18H25N3O2S. The third-order valence-electron chi connectivity index (χ3n) is 3.77. The Morgan fingerprint density at radius 3 is 2.33 bits per heavy atom. The minimum atomic E-state index is -3.26. The molecule has 0 fully saturated rings. The van der Waals surface area contributed by atoms with Gasteiger partial charge in [-0.25, -0.2) is 8.42 Å². The molecule has 0 aliphatic heterocycles. The number of pyridine rings is 1. The van der Waals surface area contributed by atoms with Gasteiger partial charge in [-0.3, -0.25) is 9.88 Å². The van der Waals surface area contributed by atoms with E-state index in [-0.39, 0.29) is 5.75 Å². The number of nitrogens with zero attached hydrogens (tertiary/aromatic N) is 3. The highest BCUT2D eigenvalue weighted by Gasteiger charge is 2.16. The number of benzene rings is 1. The number of likely N-dealkylation sites (N-methyl/N-ethyl adjacent to an activating group) is 1. The van der Waals surface area contributed by atoms with E-state index in [1.807, 2.05) is 38.5 Å². The highest BCUT2D eigenvalue weighted by Crippen LogP contribution is 2.11. The first kappa shape index (κ1) is 18.6. The fraction of sp³-hybridized carbons (Fsp3) is 0.389. The van der Waals surface area contributed by atoms with Gasteiger partial charge in [0.15, 0.2) is 9.84 Å². The molecule has 0 saturated carbocycles. The quantitative estimate of drug-likeness (QED) is 0.694. The van der Waals surface area contributed by atoms with Gasteiger partial charge in [-0.15, -0.1) is 0 Å². The lowest BCUT2D eigenvalue weighted by atomic mass is 10.2. The van der Waals surface area contributed by atoms with Crippen LogP contribution in [0.2, 0.25) is 0 Å². The average molecular weight is 347 g/mol. The SMILES string of the molecule is CN(C)CCN(CCS(=O)(=O)c1ccccc1)Cc1cccnc1. The molecule has 0 amide bonds. The lowest BCUT2D eigenvalue weighted by molar-refractivity contribution is 0.244. The van der Waals surface area contributed by atoms with Crippen LogP contribution in [0, 0.1) is 0 Å². The predicted octanol–water partition coefficient (Wildman–Crippen LogP) is 1.92. The molecule has 0 unspecified atom stereocenters. The zero-order valence-electron chi connectivity index (χ0n) is 14.3. The maximum Gasteiger partial charge on any atom is 0.179 e. The molecule has 0 atom stereocenters. The number of rotatable bonds is 9. The lowest BCUT2D eigenvalue weighted by Gasteiger charge is -2.24. The van der Waals surface area contributed by atoms with Crippen LogP contribution >= 0.6 is 0 Å². The van der Waals surface area contributed by atoms with Crippen molar-refractivity contribution in [3.05, 3.63) is 60.4 Å². The molecule has 2 rings (SSSR count). The molecule has 1 heterocycles. The van der Waals surface area contributed by atoms with Crippen LogP contribution in [-0.2, 0) is 16.4 Å². The van der Waals surface area contributed by atoms with Crippen molar-refractivity contribution < 1.29 is 8.42 Å². The Kier molecular flexibility index (Phi) is 6.90. The van der Waals surface area contributed by atoms with Gasteiger partial charge >= 0.3 is 0 Å². The normalized spacial score (nSPS) is 12.0. The maximum absolute atomic E-state index is 12.5. The first-order valence-electron chi connectivity index (χ1n) is 8.01. The van der Waals surface area contributed by atoms with E-state index in [9.17, 15) is 8.42 Å². The summed E-state index contributed by atoms with van der Waals surface area (Å²) in [5.41, 5.74) is 1.09. The summed E-state index contributed by atoms with van der Waals surface area (Å²) < 4.78 is 25.0. The first-order valence-corrected chi connectivity index (χ1v) is 9.66. The summed E-state index contributed by atoms with van der Waals surface area (Å²) in [7, 11) is 0.777. The Labute approximate surface area is 144 Å². The van der Waals surface area contributed by atoms with Gasteiger partial charge in [0, 0.05) is 38.6 Å². The van der Waals surface area contributed by atoms with Gasteiger partial charge in [-0.1, -0.05) is 24.3 Å². The Morgan fingerprint density at radius 1 is 0.958 bits per heavy atom. The van der Waals surface area contributed by atoms with Gasteiger partial charge in [0.25, 0.3) is 0 Å². The second-order valence-corrected chi connectivity index (χ2v) is 8.18. The topological polar surface area (TPSA) is 53.5 Å². The van der Waals surface area contributed by atoms with E-state index in [4.69, 9.17) is 0 Å². The van der Waals surface area contributed by atoms with E-state index >= 15 is 0 Å². The number of hydrogen-bond donors (Lipinski definition) is 0. The Balaban J connectivity index is 2.02. The van der Waals surface area contributed by atoms with Crippen molar-refractivity contribution in [2.24, 2.45) is 0 Å². The van der Waals surface area contributed by atoms with Crippen LogP contribution in [0.1, 0.15) is 5.56 Å². The maximum atomic E-state index is 12.5. The van der Waals surface area contributed by atoms with Crippen LogP contribution in [0.5, 0.6) is 0 Å². The van der Waals surface area contributed by atoms with E-state index < -0.39 is 9.84 Å². The van der Waals surface area contributed by atoms with Crippen LogP contribution in [0.15, 0.2) is 59.8 Å². The molecule has 0 radical (unpaired) electrons. The van der Waals surface area contributed by atoms with Crippen molar-refractivity contribution in [3.63, 3.8) is 0 Å². The Hall–Kier alpha value is -1.76. The van der Waals surface area contributed by atoms with Crippen molar-refractivity contribution in [2.45, 2.75) is 11.4 Å². The fourth-order valence-electron chi connectivity index (χ4n) is 2.36. The van der Waals surface area contributed by atoms with Crippen LogP contribution < -0.4 is 0 Å². The van der Waals surface area contributed by atoms with Gasteiger partial charge in [0.1, 0.15) is 0 Å². The van der Waals surface area contributed by atoms with E-state index in [2.05, 4.69) is 14.8 Å². The summed E-state index contributed by atoms with van der Waals surface area (Å²) in [4.78, 5) is 8.79. The second kappa shape index (κ2) is 8.92. The van der Waals surface area contributed by atoms with Crippen molar-refractivity contribution in [1.82, 2.24) is 14.8 Å². The summed E-state index contributed by atoms with van der Waals surface area (Å²) in [6, 6.07) is 12.6. The van der Waals surface area contributed by atoms with E-state index in [0.29, 0.717) is 18.0 Å². The number of sulfone groups is 1. The monoisotopic (exact) mass is 347 g/mol. The standard InChI is InChI=1S/C18H25N3O2S/c1-20(2)11-12-21(16-17-7-6-10-19-15-17)13-14-24(22,23)18-8-4-3-5-9-18/h3-10,15H,11-14,16H2,1-2H3. The van der Waals surface area contributed by atoms with E-state index in [1.54, 1.807) is 30.5 Å². The highest BCUT2D eigenvalue weighted by molar-refractivity contribution is 7.91.